The predicted octanol–water partition coefficient (Wildman–Crippen LogP) is -1.04. The Morgan fingerprint density at radius 3 is 1.15 bits per heavy atom. The van der Waals surface area contributed by atoms with E-state index in [0.29, 0.717) is 0 Å². The Hall–Kier alpha value is 1.02. The van der Waals surface area contributed by atoms with E-state index in [-0.39, 0.29) is 39.4 Å². The van der Waals surface area contributed by atoms with Gasteiger partial charge in [-0.25, -0.2) is 22.3 Å². The Bertz CT molecular complexity index is 348. The Morgan fingerprint density at radius 1 is 0.850 bits per heavy atom. The van der Waals surface area contributed by atoms with Crippen LogP contribution in [0, 0.1) is 12.2 Å². The minimum absolute atomic E-state index is 0. The Morgan fingerprint density at radius 2 is 1.10 bits per heavy atom. The molecule has 112 valence electrons. The molecule has 0 aromatic rings. The van der Waals surface area contributed by atoms with Crippen molar-refractivity contribution in [1.29, 1.82) is 0 Å². The van der Waals surface area contributed by atoms with Crippen LogP contribution in [0.25, 0.3) is 0 Å². The molecule has 0 saturated carbocycles. The number of hydrogen-bond donors (Lipinski definition) is 0. The van der Waals surface area contributed by atoms with Crippen molar-refractivity contribution in [3.8, 4) is 0 Å². The average molecular weight is 495 g/mol. The maximum absolute atomic E-state index is 3.19. The van der Waals surface area contributed by atoms with Gasteiger partial charge in [0.25, 0.3) is 0 Å². The van der Waals surface area contributed by atoms with Crippen LogP contribution in [0.5, 0.6) is 0 Å². The van der Waals surface area contributed by atoms with Crippen LogP contribution in [0.15, 0.2) is 34.4 Å². The minimum Gasteiger partial charge on any atom is -1.00 e. The van der Waals surface area contributed by atoms with Gasteiger partial charge in [-0.05, 0) is 0 Å². The average Bonchev–Trinajstić information content (AvgIpc) is 2.79. The molecule has 0 spiro atoms. The number of allylic oxidation sites excluding steroid dienone is 8. The quantitative estimate of drug-likeness (QED) is 0.298. The normalized spacial score (nSPS) is 14.8. The third-order valence-corrected chi connectivity index (χ3v) is 2.73. The molecule has 0 N–H and O–H groups in total. The van der Waals surface area contributed by atoms with Crippen LogP contribution >= 0.6 is 0 Å². The summed E-state index contributed by atoms with van der Waals surface area (Å²) in [6.45, 7) is 13.0. The molecule has 2 rings (SSSR count). The van der Waals surface area contributed by atoms with Gasteiger partial charge in [0.1, 0.15) is 0 Å². The van der Waals surface area contributed by atoms with Crippen molar-refractivity contribution in [2.45, 2.75) is 53.6 Å². The molecule has 0 aliphatic heterocycles. The maximum Gasteiger partial charge on any atom is -1.00 e. The van der Waals surface area contributed by atoms with E-state index < -0.39 is 0 Å². The topological polar surface area (TPSA) is 0 Å². The fraction of sp³-hybridized carbons (Fsp3) is 0.500. The van der Waals surface area contributed by atoms with Crippen molar-refractivity contribution in [2.24, 2.45) is 0 Å². The van der Waals surface area contributed by atoms with Crippen LogP contribution in [0.3, 0.4) is 0 Å². The summed E-state index contributed by atoms with van der Waals surface area (Å²) in [4.78, 5) is 0. The van der Waals surface area contributed by atoms with E-state index in [1.54, 1.807) is 23.3 Å². The molecule has 0 saturated heterocycles. The first-order valence-corrected chi connectivity index (χ1v) is 12.5. The van der Waals surface area contributed by atoms with Gasteiger partial charge in [0, 0.05) is 0 Å². The number of rotatable bonds is 0. The van der Waals surface area contributed by atoms with E-state index in [0.717, 1.165) is 12.8 Å². The summed E-state index contributed by atoms with van der Waals surface area (Å²) >= 11 is 1.74. The molecule has 0 aromatic heterocycles. The van der Waals surface area contributed by atoms with Gasteiger partial charge in [0.15, 0.2) is 0 Å². The fourth-order valence-electron chi connectivity index (χ4n) is 1.30. The molecule has 2 aliphatic rings. The first kappa shape index (κ1) is 25.9. The molecule has 0 aromatic carbocycles. The summed E-state index contributed by atoms with van der Waals surface area (Å²) in [5.41, 5.74) is 5.63. The fourth-order valence-corrected chi connectivity index (χ4v) is 1.30. The second-order valence-corrected chi connectivity index (χ2v) is 14.2. The standard InChI is InChI=1S/2C7H9.C2H6Si.2BrH.Zr/c2*1-6-4-3-5-7(6)2;1-3-2;;;/h2*4H,3H2,1-2H3;1-2H3;2*1H;/q2*-1;;;;+2/p-2. The van der Waals surface area contributed by atoms with Crippen molar-refractivity contribution < 1.29 is 57.3 Å². The van der Waals surface area contributed by atoms with E-state index >= 15 is 0 Å². The molecule has 0 heterocycles. The molecular weight excluding hydrogens is 471 g/mol. The summed E-state index contributed by atoms with van der Waals surface area (Å²) < 4.78 is 0. The van der Waals surface area contributed by atoms with Gasteiger partial charge >= 0.3 is 41.9 Å². The number of halogens is 2. The molecule has 0 fully saturated rings. The molecule has 4 heteroatoms. The summed E-state index contributed by atoms with van der Waals surface area (Å²) in [5, 5.41) is 0. The van der Waals surface area contributed by atoms with Gasteiger partial charge in [-0.1, -0.05) is 13.8 Å². The van der Waals surface area contributed by atoms with Gasteiger partial charge in [-0.3, -0.25) is 12.2 Å². The molecule has 20 heavy (non-hydrogen) atoms. The summed E-state index contributed by atoms with van der Waals surface area (Å²) in [5.74, 6) is 0. The summed E-state index contributed by atoms with van der Waals surface area (Å²) in [6, 6.07) is 0. The molecular formula is C16H24Br2SiZr-2. The van der Waals surface area contributed by atoms with Crippen LogP contribution < -0.4 is 34.0 Å². The molecule has 0 unspecified atom stereocenters. The van der Waals surface area contributed by atoms with Crippen molar-refractivity contribution in [3.63, 3.8) is 0 Å². The van der Waals surface area contributed by atoms with Crippen molar-refractivity contribution in [2.75, 3.05) is 0 Å². The third-order valence-electron chi connectivity index (χ3n) is 2.73. The molecule has 0 nitrogen and oxygen atoms in total. The van der Waals surface area contributed by atoms with Crippen molar-refractivity contribution in [1.82, 2.24) is 0 Å². The van der Waals surface area contributed by atoms with Crippen LogP contribution in [0.2, 0.25) is 13.1 Å². The van der Waals surface area contributed by atoms with Crippen LogP contribution in [-0.2, 0) is 23.3 Å². The van der Waals surface area contributed by atoms with E-state index in [1.807, 2.05) is 0 Å². The smallest absolute Gasteiger partial charge is 1.00 e. The van der Waals surface area contributed by atoms with E-state index in [2.05, 4.69) is 65.1 Å². The van der Waals surface area contributed by atoms with Gasteiger partial charge in [-0.15, -0.1) is 26.7 Å². The Labute approximate surface area is 161 Å². The zero-order valence-electron chi connectivity index (χ0n) is 13.3. The first-order valence-electron chi connectivity index (χ1n) is 6.35. The van der Waals surface area contributed by atoms with Crippen LogP contribution in [0.4, 0.5) is 0 Å². The maximum atomic E-state index is 3.19. The molecule has 0 amide bonds. The molecule has 0 bridgehead atoms. The Balaban J connectivity index is -0.000000215. The minimum atomic E-state index is 0. The zero-order chi connectivity index (χ0) is 14.1. The van der Waals surface area contributed by atoms with Crippen LogP contribution in [-0.4, -0.2) is 5.43 Å². The van der Waals surface area contributed by atoms with E-state index in [1.165, 1.54) is 22.3 Å². The van der Waals surface area contributed by atoms with Crippen LogP contribution in [0.1, 0.15) is 40.5 Å². The Kier molecular flexibility index (Phi) is 19.4. The number of hydrogen-bond acceptors (Lipinski definition) is 0. The predicted molar refractivity (Wildman–Crippen MR) is 79.1 cm³/mol. The van der Waals surface area contributed by atoms with Gasteiger partial charge in [0.05, 0.1) is 0 Å². The van der Waals surface area contributed by atoms with E-state index in [4.69, 9.17) is 0 Å². The van der Waals surface area contributed by atoms with E-state index in [9.17, 15) is 0 Å². The molecule has 0 radical (unpaired) electrons. The van der Waals surface area contributed by atoms with Crippen molar-refractivity contribution >= 4 is 5.43 Å². The molecule has 0 atom stereocenters. The van der Waals surface area contributed by atoms with Gasteiger partial charge in [-0.2, -0.15) is 12.2 Å². The van der Waals surface area contributed by atoms with Gasteiger partial charge < -0.3 is 34.0 Å². The summed E-state index contributed by atoms with van der Waals surface area (Å²) in [7, 11) is 0. The second-order valence-electron chi connectivity index (χ2n) is 4.79. The first-order chi connectivity index (χ1) is 8.34. The molecule has 2 aliphatic carbocycles. The van der Waals surface area contributed by atoms with Gasteiger partial charge in [0.2, 0.25) is 0 Å². The van der Waals surface area contributed by atoms with Crippen molar-refractivity contribution in [3.05, 3.63) is 46.6 Å². The second kappa shape index (κ2) is 14.9. The third kappa shape index (κ3) is 14.0. The monoisotopic (exact) mass is 492 g/mol. The largest absolute Gasteiger partial charge is 1.00 e. The SMILES string of the molecule is CC1=[C-]CC=C1C.CC1=[C-]CC=C1C.C[Si](C)=[Zr+2].[Br-].[Br-]. The summed E-state index contributed by atoms with van der Waals surface area (Å²) in [6.07, 6.45) is 12.8. The zero-order valence-corrected chi connectivity index (χ0v) is 20.0.